The van der Waals surface area contributed by atoms with E-state index in [-0.39, 0.29) is 0 Å². The Morgan fingerprint density at radius 2 is 1.95 bits per heavy atom. The fourth-order valence-electron chi connectivity index (χ4n) is 2.38. The van der Waals surface area contributed by atoms with Gasteiger partial charge in [-0.25, -0.2) is 4.68 Å². The average Bonchev–Trinajstić information content (AvgIpc) is 2.76. The molecule has 102 valence electrons. The Balaban J connectivity index is 2.42. The van der Waals surface area contributed by atoms with Gasteiger partial charge in [-0.1, -0.05) is 32.0 Å². The Morgan fingerprint density at radius 3 is 2.63 bits per heavy atom. The van der Waals surface area contributed by atoms with Gasteiger partial charge in [-0.2, -0.15) is 5.10 Å². The first kappa shape index (κ1) is 13.8. The molecule has 0 radical (unpaired) electrons. The van der Waals surface area contributed by atoms with E-state index in [1.807, 2.05) is 4.68 Å². The summed E-state index contributed by atoms with van der Waals surface area (Å²) in [6, 6.07) is 6.45. The molecule has 3 nitrogen and oxygen atoms in total. The molecular formula is C16H23N3. The van der Waals surface area contributed by atoms with Crippen molar-refractivity contribution in [2.24, 2.45) is 0 Å². The van der Waals surface area contributed by atoms with Crippen molar-refractivity contribution >= 4 is 0 Å². The number of para-hydroxylation sites is 1. The number of rotatable bonds is 5. The van der Waals surface area contributed by atoms with Crippen LogP contribution in [-0.4, -0.2) is 16.3 Å². The Kier molecular flexibility index (Phi) is 4.38. The quantitative estimate of drug-likeness (QED) is 0.891. The van der Waals surface area contributed by atoms with Crippen LogP contribution in [0.4, 0.5) is 0 Å². The highest BCUT2D eigenvalue weighted by atomic mass is 15.3. The van der Waals surface area contributed by atoms with Gasteiger partial charge in [0.15, 0.2) is 0 Å². The van der Waals surface area contributed by atoms with E-state index in [9.17, 15) is 0 Å². The van der Waals surface area contributed by atoms with E-state index in [0.29, 0.717) is 0 Å². The number of nitrogens with one attached hydrogen (secondary N) is 1. The second kappa shape index (κ2) is 6.02. The van der Waals surface area contributed by atoms with E-state index in [1.165, 1.54) is 22.4 Å². The third-order valence-corrected chi connectivity index (χ3v) is 3.50. The van der Waals surface area contributed by atoms with Gasteiger partial charge in [0.25, 0.3) is 0 Å². The zero-order valence-corrected chi connectivity index (χ0v) is 12.3. The summed E-state index contributed by atoms with van der Waals surface area (Å²) < 4.78 is 2.04. The first-order valence-electron chi connectivity index (χ1n) is 7.02. The van der Waals surface area contributed by atoms with E-state index >= 15 is 0 Å². The number of aromatic nitrogens is 2. The third-order valence-electron chi connectivity index (χ3n) is 3.50. The molecule has 0 aliphatic rings. The zero-order chi connectivity index (χ0) is 13.8. The Hall–Kier alpha value is -1.61. The number of aryl methyl sites for hydroxylation is 3. The summed E-state index contributed by atoms with van der Waals surface area (Å²) in [5.41, 5.74) is 6.23. The number of hydrogen-bond donors (Lipinski definition) is 1. The van der Waals surface area contributed by atoms with Crippen molar-refractivity contribution in [1.82, 2.24) is 15.1 Å². The smallest absolute Gasteiger partial charge is 0.0706 e. The molecule has 0 amide bonds. The van der Waals surface area contributed by atoms with E-state index in [2.05, 4.69) is 62.5 Å². The first-order chi connectivity index (χ1) is 9.17. The minimum atomic E-state index is 0.885. The second-order valence-corrected chi connectivity index (χ2v) is 4.90. The predicted octanol–water partition coefficient (Wildman–Crippen LogP) is 3.16. The summed E-state index contributed by atoms with van der Waals surface area (Å²) in [5.74, 6) is 0. The van der Waals surface area contributed by atoms with Crippen LogP contribution in [0.15, 0.2) is 24.4 Å². The molecule has 2 rings (SSSR count). The highest BCUT2D eigenvalue weighted by Crippen LogP contribution is 2.21. The van der Waals surface area contributed by atoms with Crippen LogP contribution in [0.2, 0.25) is 0 Å². The SMILES string of the molecule is CCNCc1cn(-c2c(C)cccc2CC)nc1C. The van der Waals surface area contributed by atoms with E-state index in [1.54, 1.807) is 0 Å². The van der Waals surface area contributed by atoms with Crippen LogP contribution in [0.25, 0.3) is 5.69 Å². The molecule has 0 aliphatic carbocycles. The minimum absolute atomic E-state index is 0.885. The molecule has 1 aromatic heterocycles. The Bertz CT molecular complexity index is 555. The normalized spacial score (nSPS) is 10.9. The number of hydrogen-bond acceptors (Lipinski definition) is 2. The third kappa shape index (κ3) is 2.87. The van der Waals surface area contributed by atoms with Crippen molar-refractivity contribution in [3.8, 4) is 5.69 Å². The van der Waals surface area contributed by atoms with Gasteiger partial charge in [0, 0.05) is 18.3 Å². The molecular weight excluding hydrogens is 234 g/mol. The Morgan fingerprint density at radius 1 is 1.16 bits per heavy atom. The maximum absolute atomic E-state index is 4.68. The van der Waals surface area contributed by atoms with Crippen molar-refractivity contribution in [2.75, 3.05) is 6.54 Å². The van der Waals surface area contributed by atoms with Gasteiger partial charge in [-0.3, -0.25) is 0 Å². The molecule has 1 N–H and O–H groups in total. The van der Waals surface area contributed by atoms with Gasteiger partial charge < -0.3 is 5.32 Å². The van der Waals surface area contributed by atoms with Crippen molar-refractivity contribution in [2.45, 2.75) is 40.7 Å². The van der Waals surface area contributed by atoms with E-state index in [4.69, 9.17) is 0 Å². The summed E-state index contributed by atoms with van der Waals surface area (Å²) in [6.07, 6.45) is 3.18. The molecule has 0 saturated heterocycles. The second-order valence-electron chi connectivity index (χ2n) is 4.90. The standard InChI is InChI=1S/C16H23N3/c1-5-14-9-7-8-12(3)16(14)19-11-15(10-17-6-2)13(4)18-19/h7-9,11,17H,5-6,10H2,1-4H3. The van der Waals surface area contributed by atoms with E-state index < -0.39 is 0 Å². The summed E-state index contributed by atoms with van der Waals surface area (Å²) in [7, 11) is 0. The molecule has 19 heavy (non-hydrogen) atoms. The zero-order valence-electron chi connectivity index (χ0n) is 12.3. The molecule has 1 heterocycles. The fourth-order valence-corrected chi connectivity index (χ4v) is 2.38. The number of nitrogens with zero attached hydrogens (tertiary/aromatic N) is 2. The van der Waals surface area contributed by atoms with Crippen molar-refractivity contribution < 1.29 is 0 Å². The van der Waals surface area contributed by atoms with Crippen LogP contribution < -0.4 is 5.32 Å². The van der Waals surface area contributed by atoms with Crippen LogP contribution in [-0.2, 0) is 13.0 Å². The highest BCUT2D eigenvalue weighted by Gasteiger charge is 2.10. The molecule has 0 aliphatic heterocycles. The van der Waals surface area contributed by atoms with Crippen molar-refractivity contribution in [1.29, 1.82) is 0 Å². The predicted molar refractivity (Wildman–Crippen MR) is 79.8 cm³/mol. The molecule has 0 unspecified atom stereocenters. The van der Waals surface area contributed by atoms with Crippen LogP contribution in [0.3, 0.4) is 0 Å². The molecule has 1 aromatic carbocycles. The monoisotopic (exact) mass is 257 g/mol. The molecule has 0 atom stereocenters. The van der Waals surface area contributed by atoms with Gasteiger partial charge in [-0.05, 0) is 37.9 Å². The van der Waals surface area contributed by atoms with E-state index in [0.717, 1.165) is 25.2 Å². The molecule has 0 fully saturated rings. The highest BCUT2D eigenvalue weighted by molar-refractivity contribution is 5.47. The minimum Gasteiger partial charge on any atom is -0.313 e. The molecule has 2 aromatic rings. The summed E-state index contributed by atoms with van der Waals surface area (Å²) in [5, 5.41) is 8.04. The van der Waals surface area contributed by atoms with Gasteiger partial charge in [0.1, 0.15) is 0 Å². The molecule has 3 heteroatoms. The lowest BCUT2D eigenvalue weighted by Crippen LogP contribution is -2.11. The molecule has 0 saturated carbocycles. The van der Waals surface area contributed by atoms with Crippen LogP contribution in [0.5, 0.6) is 0 Å². The summed E-state index contributed by atoms with van der Waals surface area (Å²) in [6.45, 7) is 10.4. The lowest BCUT2D eigenvalue weighted by Gasteiger charge is -2.11. The lowest BCUT2D eigenvalue weighted by atomic mass is 10.1. The fraction of sp³-hybridized carbons (Fsp3) is 0.438. The summed E-state index contributed by atoms with van der Waals surface area (Å²) in [4.78, 5) is 0. The Labute approximate surface area is 115 Å². The van der Waals surface area contributed by atoms with Crippen LogP contribution in [0.1, 0.15) is 36.2 Å². The number of benzene rings is 1. The summed E-state index contributed by atoms with van der Waals surface area (Å²) >= 11 is 0. The van der Waals surface area contributed by atoms with Gasteiger partial charge >= 0.3 is 0 Å². The van der Waals surface area contributed by atoms with Gasteiger partial charge in [-0.15, -0.1) is 0 Å². The first-order valence-corrected chi connectivity index (χ1v) is 7.02. The maximum Gasteiger partial charge on any atom is 0.0706 e. The van der Waals surface area contributed by atoms with Gasteiger partial charge in [0.2, 0.25) is 0 Å². The lowest BCUT2D eigenvalue weighted by molar-refractivity contribution is 0.723. The molecule has 0 spiro atoms. The van der Waals surface area contributed by atoms with Crippen molar-refractivity contribution in [3.05, 3.63) is 46.8 Å². The average molecular weight is 257 g/mol. The largest absolute Gasteiger partial charge is 0.313 e. The van der Waals surface area contributed by atoms with Crippen LogP contribution >= 0.6 is 0 Å². The van der Waals surface area contributed by atoms with Crippen LogP contribution in [0, 0.1) is 13.8 Å². The molecule has 0 bridgehead atoms. The topological polar surface area (TPSA) is 29.9 Å². The van der Waals surface area contributed by atoms with Crippen molar-refractivity contribution in [3.63, 3.8) is 0 Å². The maximum atomic E-state index is 4.68. The van der Waals surface area contributed by atoms with Gasteiger partial charge in [0.05, 0.1) is 11.4 Å².